The number of piperidine rings is 1. The van der Waals surface area contributed by atoms with Gasteiger partial charge in [-0.05, 0) is 57.0 Å². The number of carbonyl (C=O) groups is 1. The average Bonchev–Trinajstić information content (AvgIpc) is 3.00. The predicted molar refractivity (Wildman–Crippen MR) is 117 cm³/mol. The molecule has 1 amide bonds. The molecule has 0 atom stereocenters. The summed E-state index contributed by atoms with van der Waals surface area (Å²) in [5.41, 5.74) is 4.49. The van der Waals surface area contributed by atoms with Crippen LogP contribution < -0.4 is 15.5 Å². The number of carbonyl (C=O) groups excluding carboxylic acids is 1. The van der Waals surface area contributed by atoms with Crippen molar-refractivity contribution in [2.45, 2.75) is 32.1 Å². The molecule has 2 N–H and O–H groups in total. The number of nitrogens with one attached hydrogen (secondary N) is 2. The highest BCUT2D eigenvalue weighted by molar-refractivity contribution is 6.05. The van der Waals surface area contributed by atoms with E-state index in [-0.39, 0.29) is 5.91 Å². The fourth-order valence-electron chi connectivity index (χ4n) is 4.57. The fourth-order valence-corrected chi connectivity index (χ4v) is 4.57. The molecule has 30 heavy (non-hydrogen) atoms. The van der Waals surface area contributed by atoms with Crippen LogP contribution >= 0.6 is 0 Å². The van der Waals surface area contributed by atoms with Gasteiger partial charge in [0.25, 0.3) is 0 Å². The number of rotatable bonds is 3. The minimum absolute atomic E-state index is 0.0753. The van der Waals surface area contributed by atoms with Gasteiger partial charge in [-0.2, -0.15) is 0 Å². The summed E-state index contributed by atoms with van der Waals surface area (Å²) in [7, 11) is 0. The van der Waals surface area contributed by atoms with Crippen LogP contribution in [0.2, 0.25) is 0 Å². The lowest BCUT2D eigenvalue weighted by Crippen LogP contribution is -2.46. The van der Waals surface area contributed by atoms with Gasteiger partial charge in [-0.25, -0.2) is 9.97 Å². The van der Waals surface area contributed by atoms with Gasteiger partial charge in [-0.1, -0.05) is 6.07 Å². The minimum atomic E-state index is -0.460. The number of nitrogens with zero attached hydrogens (tertiary/aromatic N) is 4. The lowest BCUT2D eigenvalue weighted by atomic mass is 9.74. The van der Waals surface area contributed by atoms with E-state index in [1.807, 2.05) is 56.4 Å². The van der Waals surface area contributed by atoms with Gasteiger partial charge in [0.1, 0.15) is 11.6 Å². The van der Waals surface area contributed by atoms with Crippen molar-refractivity contribution in [1.82, 2.24) is 15.0 Å². The Bertz CT molecular complexity index is 1080. The molecule has 152 valence electrons. The predicted octanol–water partition coefficient (Wildman–Crippen LogP) is 3.72. The molecule has 3 aromatic rings. The van der Waals surface area contributed by atoms with Crippen molar-refractivity contribution in [2.24, 2.45) is 0 Å². The van der Waals surface area contributed by atoms with Crippen LogP contribution in [0.25, 0.3) is 0 Å². The molecule has 0 aliphatic carbocycles. The Labute approximate surface area is 175 Å². The standard InChI is InChI=1S/C23H24N6O/c1-15-12-18(13-16(2)26-15)27-17-5-6-20(25-14-17)29-10-7-23(8-11-29)19-4-3-9-24-21(19)28-22(23)30/h3-6,9,12-14H,7-8,10-11H2,1-2H3,(H,26,27)(H,24,28,30). The highest BCUT2D eigenvalue weighted by Crippen LogP contribution is 2.44. The molecule has 0 unspecified atom stereocenters. The number of fused-ring (bicyclic) bond motifs is 2. The van der Waals surface area contributed by atoms with E-state index in [0.717, 1.165) is 60.1 Å². The molecular weight excluding hydrogens is 376 g/mol. The molecule has 7 heteroatoms. The Hall–Kier alpha value is -3.48. The molecule has 1 fully saturated rings. The van der Waals surface area contributed by atoms with Gasteiger partial charge < -0.3 is 15.5 Å². The Kier molecular flexibility index (Phi) is 4.38. The maximum absolute atomic E-state index is 12.7. The third kappa shape index (κ3) is 3.16. The topological polar surface area (TPSA) is 83.0 Å². The van der Waals surface area contributed by atoms with E-state index in [1.165, 1.54) is 0 Å². The first-order valence-electron chi connectivity index (χ1n) is 10.2. The van der Waals surface area contributed by atoms with E-state index in [9.17, 15) is 4.79 Å². The molecular formula is C23H24N6O. The maximum Gasteiger partial charge on any atom is 0.236 e. The largest absolute Gasteiger partial charge is 0.357 e. The van der Waals surface area contributed by atoms with Crippen LogP contribution in [0.3, 0.4) is 0 Å². The highest BCUT2D eigenvalue weighted by Gasteiger charge is 2.49. The van der Waals surface area contributed by atoms with Gasteiger partial charge in [0, 0.05) is 41.9 Å². The summed E-state index contributed by atoms with van der Waals surface area (Å²) >= 11 is 0. The highest BCUT2D eigenvalue weighted by atomic mass is 16.2. The maximum atomic E-state index is 12.7. The van der Waals surface area contributed by atoms with Gasteiger partial charge in [-0.3, -0.25) is 9.78 Å². The zero-order valence-electron chi connectivity index (χ0n) is 17.1. The van der Waals surface area contributed by atoms with Crippen molar-refractivity contribution in [3.05, 3.63) is 65.7 Å². The Morgan fingerprint density at radius 2 is 1.80 bits per heavy atom. The average molecular weight is 400 g/mol. The van der Waals surface area contributed by atoms with E-state index in [0.29, 0.717) is 5.82 Å². The molecule has 1 saturated heterocycles. The van der Waals surface area contributed by atoms with Crippen molar-refractivity contribution in [3.8, 4) is 0 Å². The third-order valence-electron chi connectivity index (χ3n) is 6.05. The lowest BCUT2D eigenvalue weighted by Gasteiger charge is -2.38. The number of hydrogen-bond acceptors (Lipinski definition) is 6. The van der Waals surface area contributed by atoms with Crippen molar-refractivity contribution in [3.63, 3.8) is 0 Å². The molecule has 2 aliphatic rings. The number of aryl methyl sites for hydroxylation is 2. The van der Waals surface area contributed by atoms with Crippen molar-refractivity contribution >= 4 is 28.9 Å². The molecule has 7 nitrogen and oxygen atoms in total. The zero-order chi connectivity index (χ0) is 20.7. The van der Waals surface area contributed by atoms with Crippen LogP contribution in [0.1, 0.15) is 29.8 Å². The molecule has 0 aromatic carbocycles. The summed E-state index contributed by atoms with van der Waals surface area (Å²) in [6.45, 7) is 5.54. The Balaban J connectivity index is 1.28. The summed E-state index contributed by atoms with van der Waals surface area (Å²) in [6.07, 6.45) is 5.09. The summed E-state index contributed by atoms with van der Waals surface area (Å²) in [6, 6.07) is 12.0. The first-order valence-corrected chi connectivity index (χ1v) is 10.2. The second kappa shape index (κ2) is 7.09. The van der Waals surface area contributed by atoms with Gasteiger partial charge in [0.15, 0.2) is 0 Å². The van der Waals surface area contributed by atoms with Gasteiger partial charge in [-0.15, -0.1) is 0 Å². The molecule has 5 rings (SSSR count). The van der Waals surface area contributed by atoms with Crippen molar-refractivity contribution < 1.29 is 4.79 Å². The monoisotopic (exact) mass is 400 g/mol. The van der Waals surface area contributed by atoms with E-state index in [2.05, 4.69) is 30.5 Å². The summed E-state index contributed by atoms with van der Waals surface area (Å²) in [5.74, 6) is 1.72. The number of amides is 1. The molecule has 0 saturated carbocycles. The molecule has 2 aliphatic heterocycles. The van der Waals surface area contributed by atoms with Crippen LogP contribution in [0.15, 0.2) is 48.8 Å². The molecule has 1 spiro atoms. The molecule has 0 radical (unpaired) electrons. The SMILES string of the molecule is Cc1cc(Nc2ccc(N3CCC4(CC3)C(=O)Nc3ncccc34)nc2)cc(C)n1. The normalized spacial score (nSPS) is 17.0. The lowest BCUT2D eigenvalue weighted by molar-refractivity contribution is -0.121. The van der Waals surface area contributed by atoms with Crippen molar-refractivity contribution in [2.75, 3.05) is 28.6 Å². The number of hydrogen-bond donors (Lipinski definition) is 2. The summed E-state index contributed by atoms with van der Waals surface area (Å²) < 4.78 is 0. The second-order valence-corrected chi connectivity index (χ2v) is 8.09. The molecule has 5 heterocycles. The van der Waals surface area contributed by atoms with Gasteiger partial charge >= 0.3 is 0 Å². The van der Waals surface area contributed by atoms with Crippen molar-refractivity contribution in [1.29, 1.82) is 0 Å². The third-order valence-corrected chi connectivity index (χ3v) is 6.05. The van der Waals surface area contributed by atoms with Gasteiger partial charge in [0.2, 0.25) is 5.91 Å². The minimum Gasteiger partial charge on any atom is -0.357 e. The number of pyridine rings is 3. The fraction of sp³-hybridized carbons (Fsp3) is 0.304. The van der Waals surface area contributed by atoms with Crippen LogP contribution in [0.5, 0.6) is 0 Å². The Morgan fingerprint density at radius 1 is 1.03 bits per heavy atom. The number of aromatic nitrogens is 3. The van der Waals surface area contributed by atoms with Crippen LogP contribution in [0.4, 0.5) is 23.0 Å². The summed E-state index contributed by atoms with van der Waals surface area (Å²) in [4.78, 5) is 28.4. The smallest absolute Gasteiger partial charge is 0.236 e. The van der Waals surface area contributed by atoms with Crippen LogP contribution in [-0.4, -0.2) is 33.9 Å². The van der Waals surface area contributed by atoms with Gasteiger partial charge in [0.05, 0.1) is 17.3 Å². The van der Waals surface area contributed by atoms with E-state index in [1.54, 1.807) is 6.20 Å². The number of anilines is 4. The molecule has 3 aromatic heterocycles. The second-order valence-electron chi connectivity index (χ2n) is 8.09. The zero-order valence-corrected chi connectivity index (χ0v) is 17.1. The van der Waals surface area contributed by atoms with E-state index in [4.69, 9.17) is 0 Å². The Morgan fingerprint density at radius 3 is 2.50 bits per heavy atom. The van der Waals surface area contributed by atoms with Crippen LogP contribution in [0, 0.1) is 13.8 Å². The quantitative estimate of drug-likeness (QED) is 0.697. The van der Waals surface area contributed by atoms with Crippen LogP contribution in [-0.2, 0) is 10.2 Å². The first-order chi connectivity index (χ1) is 14.5. The molecule has 0 bridgehead atoms. The van der Waals surface area contributed by atoms with E-state index >= 15 is 0 Å². The van der Waals surface area contributed by atoms with E-state index < -0.39 is 5.41 Å². The first kappa shape index (κ1) is 18.5. The summed E-state index contributed by atoms with van der Waals surface area (Å²) in [5, 5.41) is 6.35.